The van der Waals surface area contributed by atoms with Gasteiger partial charge in [0.15, 0.2) is 5.69 Å². The summed E-state index contributed by atoms with van der Waals surface area (Å²) in [5.74, 6) is -1.99. The van der Waals surface area contributed by atoms with Crippen LogP contribution in [0.4, 0.5) is 10.1 Å². The van der Waals surface area contributed by atoms with E-state index in [1.54, 1.807) is 12.2 Å². The summed E-state index contributed by atoms with van der Waals surface area (Å²) in [7, 11) is 0. The molecule has 0 aliphatic heterocycles. The van der Waals surface area contributed by atoms with E-state index >= 15 is 0 Å². The third-order valence-corrected chi connectivity index (χ3v) is 3.65. The predicted octanol–water partition coefficient (Wildman–Crippen LogP) is 4.54. The van der Waals surface area contributed by atoms with E-state index in [1.165, 1.54) is 12.3 Å². The molecule has 0 radical (unpaired) electrons. The van der Waals surface area contributed by atoms with Crippen LogP contribution in [0.15, 0.2) is 53.5 Å². The van der Waals surface area contributed by atoms with Crippen LogP contribution in [-0.2, 0) is 0 Å². The van der Waals surface area contributed by atoms with Gasteiger partial charge in [-0.1, -0.05) is 48.0 Å². The highest BCUT2D eigenvalue weighted by Gasteiger charge is 2.17. The van der Waals surface area contributed by atoms with Gasteiger partial charge in [-0.3, -0.25) is 4.99 Å². The largest absolute Gasteiger partial charge is 0.476 e. The number of benzene rings is 2. The van der Waals surface area contributed by atoms with Crippen molar-refractivity contribution in [3.05, 3.63) is 70.6 Å². The van der Waals surface area contributed by atoms with Crippen molar-refractivity contribution in [3.63, 3.8) is 0 Å². The minimum absolute atomic E-state index is 0.0192. The summed E-state index contributed by atoms with van der Waals surface area (Å²) in [6.07, 6.45) is 4.88. The van der Waals surface area contributed by atoms with E-state index in [4.69, 9.17) is 11.6 Å². The van der Waals surface area contributed by atoms with Crippen LogP contribution in [0.25, 0.3) is 17.0 Å². The molecule has 0 unspecified atom stereocenters. The van der Waals surface area contributed by atoms with E-state index in [0.717, 1.165) is 11.6 Å². The maximum atomic E-state index is 13.8. The maximum Gasteiger partial charge on any atom is 0.358 e. The van der Waals surface area contributed by atoms with Crippen LogP contribution in [-0.4, -0.2) is 27.5 Å². The van der Waals surface area contributed by atoms with Crippen LogP contribution in [0.2, 0.25) is 5.02 Å². The van der Waals surface area contributed by atoms with Gasteiger partial charge >= 0.3 is 5.97 Å². The number of aromatic carboxylic acids is 1. The van der Waals surface area contributed by atoms with Gasteiger partial charge in [-0.15, -0.1) is 10.2 Å². The molecule has 0 fully saturated rings. The van der Waals surface area contributed by atoms with Gasteiger partial charge in [0.25, 0.3) is 0 Å². The van der Waals surface area contributed by atoms with Gasteiger partial charge < -0.3 is 5.11 Å². The number of carbonyl (C=O) groups is 1. The molecule has 1 N–H and O–H groups in total. The van der Waals surface area contributed by atoms with E-state index < -0.39 is 11.8 Å². The highest BCUT2D eigenvalue weighted by Crippen LogP contribution is 2.30. The van der Waals surface area contributed by atoms with Crippen molar-refractivity contribution >= 4 is 46.5 Å². The fourth-order valence-corrected chi connectivity index (χ4v) is 2.36. The zero-order valence-electron chi connectivity index (χ0n) is 12.7. The molecule has 0 atom stereocenters. The van der Waals surface area contributed by atoms with Crippen molar-refractivity contribution in [1.82, 2.24) is 10.2 Å². The minimum atomic E-state index is -1.30. The lowest BCUT2D eigenvalue weighted by Gasteiger charge is -2.05. The summed E-state index contributed by atoms with van der Waals surface area (Å²) in [6, 6.07) is 11.9. The quantitative estimate of drug-likeness (QED) is 0.697. The molecular weight excluding hydrogens is 345 g/mol. The van der Waals surface area contributed by atoms with Crippen LogP contribution < -0.4 is 0 Å². The van der Waals surface area contributed by atoms with Gasteiger partial charge in [0.2, 0.25) is 0 Å². The molecule has 3 aromatic rings. The lowest BCUT2D eigenvalue weighted by atomic mass is 10.1. The van der Waals surface area contributed by atoms with Crippen molar-refractivity contribution in [3.8, 4) is 0 Å². The van der Waals surface area contributed by atoms with Crippen LogP contribution in [0, 0.1) is 5.82 Å². The molecule has 25 heavy (non-hydrogen) atoms. The molecule has 1 heterocycles. The number of nitrogens with zero attached hydrogens (tertiary/aromatic N) is 3. The molecule has 2 aromatic carbocycles. The Balaban J connectivity index is 2.05. The fraction of sp³-hybridized carbons (Fsp3) is 0. The summed E-state index contributed by atoms with van der Waals surface area (Å²) < 4.78 is 13.8. The van der Waals surface area contributed by atoms with Crippen molar-refractivity contribution in [2.24, 2.45) is 4.99 Å². The first-order chi connectivity index (χ1) is 12.1. The first kappa shape index (κ1) is 16.7. The molecule has 1 aromatic heterocycles. The summed E-state index contributed by atoms with van der Waals surface area (Å²) in [4.78, 5) is 15.5. The Kier molecular flexibility index (Phi) is 4.81. The molecule has 0 saturated carbocycles. The van der Waals surface area contributed by atoms with E-state index in [0.29, 0.717) is 0 Å². The second-order valence-electron chi connectivity index (χ2n) is 5.03. The van der Waals surface area contributed by atoms with Crippen LogP contribution in [0.3, 0.4) is 0 Å². The normalized spacial score (nSPS) is 11.6. The number of carboxylic acids is 1. The summed E-state index contributed by atoms with van der Waals surface area (Å²) in [6.45, 7) is 0. The average molecular weight is 356 g/mol. The minimum Gasteiger partial charge on any atom is -0.476 e. The first-order valence-electron chi connectivity index (χ1n) is 7.21. The van der Waals surface area contributed by atoms with Crippen LogP contribution in [0.1, 0.15) is 16.1 Å². The smallest absolute Gasteiger partial charge is 0.358 e. The second kappa shape index (κ2) is 7.19. The van der Waals surface area contributed by atoms with Crippen molar-refractivity contribution in [2.75, 3.05) is 0 Å². The van der Waals surface area contributed by atoms with E-state index in [1.807, 2.05) is 30.3 Å². The van der Waals surface area contributed by atoms with E-state index in [2.05, 4.69) is 15.2 Å². The highest BCUT2D eigenvalue weighted by molar-refractivity contribution is 6.31. The Morgan fingerprint density at radius 1 is 1.20 bits per heavy atom. The van der Waals surface area contributed by atoms with Gasteiger partial charge in [0.1, 0.15) is 11.5 Å². The van der Waals surface area contributed by atoms with Crippen LogP contribution >= 0.6 is 11.6 Å². The zero-order chi connectivity index (χ0) is 17.8. The number of aromatic nitrogens is 2. The standard InChI is InChI=1S/C18H11ClFN3O2/c19-13-10-15-12(9-14(13)20)16(17(18(24)25)23-22-15)21-8-4-7-11-5-2-1-3-6-11/h1-10H,(H,24,25). The van der Waals surface area contributed by atoms with Gasteiger partial charge in [0, 0.05) is 11.6 Å². The Morgan fingerprint density at radius 2 is 1.96 bits per heavy atom. The first-order valence-corrected chi connectivity index (χ1v) is 7.58. The Hall–Kier alpha value is -3.12. The number of aliphatic imine (C=N–C) groups is 1. The number of carboxylic acid groups (broad SMARTS) is 1. The van der Waals surface area contributed by atoms with Gasteiger partial charge in [0.05, 0.1) is 10.5 Å². The van der Waals surface area contributed by atoms with Gasteiger partial charge in [-0.25, -0.2) is 9.18 Å². The molecule has 124 valence electrons. The lowest BCUT2D eigenvalue weighted by Crippen LogP contribution is -2.03. The molecule has 7 heteroatoms. The molecule has 0 aliphatic carbocycles. The zero-order valence-corrected chi connectivity index (χ0v) is 13.5. The summed E-state index contributed by atoms with van der Waals surface area (Å²) >= 11 is 5.73. The Morgan fingerprint density at radius 3 is 2.68 bits per heavy atom. The highest BCUT2D eigenvalue weighted by atomic mass is 35.5. The number of halogens is 2. The number of rotatable bonds is 4. The van der Waals surface area contributed by atoms with Crippen molar-refractivity contribution in [2.45, 2.75) is 0 Å². The Labute approximate surface area is 147 Å². The van der Waals surface area contributed by atoms with E-state index in [9.17, 15) is 14.3 Å². The lowest BCUT2D eigenvalue weighted by molar-refractivity contribution is 0.0690. The molecule has 0 spiro atoms. The van der Waals surface area contributed by atoms with Crippen molar-refractivity contribution in [1.29, 1.82) is 0 Å². The second-order valence-corrected chi connectivity index (χ2v) is 5.44. The number of hydrogen-bond acceptors (Lipinski definition) is 4. The number of fused-ring (bicyclic) bond motifs is 1. The molecule has 0 amide bonds. The van der Waals surface area contributed by atoms with Gasteiger partial charge in [-0.05, 0) is 23.8 Å². The molecule has 0 aliphatic rings. The molecule has 0 saturated heterocycles. The monoisotopic (exact) mass is 355 g/mol. The fourth-order valence-electron chi connectivity index (χ4n) is 2.20. The molecule has 3 rings (SSSR count). The predicted molar refractivity (Wildman–Crippen MR) is 95.1 cm³/mol. The SMILES string of the molecule is O=C(O)c1nnc2cc(Cl)c(F)cc2c1N=CC=Cc1ccccc1. The molecule has 0 bridgehead atoms. The molecule has 5 nitrogen and oxygen atoms in total. The summed E-state index contributed by atoms with van der Waals surface area (Å²) in [5.41, 5.74) is 0.878. The molecular formula is C18H11ClFN3O2. The van der Waals surface area contributed by atoms with E-state index in [-0.39, 0.29) is 27.3 Å². The van der Waals surface area contributed by atoms with Gasteiger partial charge in [-0.2, -0.15) is 0 Å². The topological polar surface area (TPSA) is 75.4 Å². The van der Waals surface area contributed by atoms with Crippen LogP contribution in [0.5, 0.6) is 0 Å². The maximum absolute atomic E-state index is 13.8. The summed E-state index contributed by atoms with van der Waals surface area (Å²) in [5, 5.41) is 16.8. The number of allylic oxidation sites excluding steroid dienone is 1. The Bertz CT molecular complexity index is 1000. The van der Waals surface area contributed by atoms with Crippen molar-refractivity contribution < 1.29 is 14.3 Å². The third-order valence-electron chi connectivity index (χ3n) is 3.36. The average Bonchev–Trinajstić information content (AvgIpc) is 2.60. The number of hydrogen-bond donors (Lipinski definition) is 1. The third kappa shape index (κ3) is 3.70.